The van der Waals surface area contributed by atoms with Crippen molar-refractivity contribution in [3.8, 4) is 0 Å². The molecule has 0 fully saturated rings. The van der Waals surface area contributed by atoms with Crippen molar-refractivity contribution in [1.29, 1.82) is 0 Å². The van der Waals surface area contributed by atoms with Crippen molar-refractivity contribution in [2.45, 2.75) is 96.6 Å². The lowest BCUT2D eigenvalue weighted by Crippen LogP contribution is -2.33. The third kappa shape index (κ3) is 19.0. The molecule has 0 saturated heterocycles. The maximum Gasteiger partial charge on any atom is 0.303 e. The highest BCUT2D eigenvalue weighted by molar-refractivity contribution is 7.87. The predicted molar refractivity (Wildman–Crippen MR) is 317 cm³/mol. The first-order valence-electron chi connectivity index (χ1n) is 27.4. The molecule has 490 valence electrons. The van der Waals surface area contributed by atoms with Gasteiger partial charge in [0, 0.05) is 79.4 Å². The minimum atomic E-state index is -5.45. The quantitative estimate of drug-likeness (QED) is 0.0263. The van der Waals surface area contributed by atoms with Crippen LogP contribution in [-0.4, -0.2) is 199 Å². The maximum absolute atomic E-state index is 12.8. The molecule has 2 atom stereocenters. The highest BCUT2D eigenvalue weighted by Crippen LogP contribution is 2.54. The molecule has 0 radical (unpaired) electrons. The van der Waals surface area contributed by atoms with Crippen molar-refractivity contribution in [1.82, 2.24) is 0 Å². The molecule has 88 heavy (non-hydrogen) atoms. The molecular weight excluding hydrogens is 1260 g/mol. The molecule has 0 aliphatic carbocycles. The van der Waals surface area contributed by atoms with Crippen molar-refractivity contribution in [3.63, 3.8) is 0 Å². The Morgan fingerprint density at radius 2 is 1.06 bits per heavy atom. The number of aliphatic carboxylic acids is 1. The zero-order chi connectivity index (χ0) is 64.0. The lowest BCUT2D eigenvalue weighted by Gasteiger charge is -2.31. The summed E-state index contributed by atoms with van der Waals surface area (Å²) in [6.45, 7) is 6.26. The van der Waals surface area contributed by atoms with Crippen LogP contribution < -0.4 is 4.90 Å². The van der Waals surface area contributed by atoms with Gasteiger partial charge in [0.25, 0.3) is 0 Å². The standard InChI is InChI=1S/C56H74N2O24S5.CH4/c1-55(19-11-35-83(61,62)63)50(58(22-24-79-30-32-80-27-25-76-3)47-18-16-42-44(53(47)55)36-40(84(64,65)66)38-48(42)86(70,71)72)12-7-5-8-13-51-56(2,20-23-78-29-31-82-34-33-81-28-26-77-4)54-45-37-41(85(67,68)69)39-49(87(73,74)75)43(45)15-17-46(54)57(51)21-10-6-9-14-52(59)60;/h5,7-8,12-13,15-18,36-39H,6,9-11,14,19-35H2,1-4H3,(H5-,59,60,61,62,63,64,65,66,67,68,69,70,71,72,73,74,75);1H4/p-4. The highest BCUT2D eigenvalue weighted by Gasteiger charge is 2.49. The van der Waals surface area contributed by atoms with Crippen LogP contribution in [0.5, 0.6) is 0 Å². The number of hydrogen-bond acceptors (Lipinski definition) is 24. The van der Waals surface area contributed by atoms with Gasteiger partial charge >= 0.3 is 5.97 Å². The smallest absolute Gasteiger partial charge is 0.303 e. The van der Waals surface area contributed by atoms with E-state index in [1.54, 1.807) is 62.0 Å². The van der Waals surface area contributed by atoms with E-state index in [0.717, 1.165) is 12.1 Å². The van der Waals surface area contributed by atoms with Crippen LogP contribution >= 0.6 is 0 Å². The molecule has 6 rings (SSSR count). The Morgan fingerprint density at radius 1 is 0.557 bits per heavy atom. The van der Waals surface area contributed by atoms with Crippen molar-refractivity contribution in [2.24, 2.45) is 0 Å². The maximum atomic E-state index is 12.8. The molecule has 2 aliphatic rings. The Balaban J connectivity index is 0.0000141. The van der Waals surface area contributed by atoms with Crippen molar-refractivity contribution in [2.75, 3.05) is 117 Å². The number of unbranched alkanes of at least 4 members (excludes halogenated alkanes) is 2. The summed E-state index contributed by atoms with van der Waals surface area (Å²) in [7, 11) is -23.4. The van der Waals surface area contributed by atoms with E-state index in [2.05, 4.69) is 0 Å². The van der Waals surface area contributed by atoms with E-state index in [0.29, 0.717) is 86.2 Å². The van der Waals surface area contributed by atoms with Crippen LogP contribution in [0, 0.1) is 0 Å². The van der Waals surface area contributed by atoms with Gasteiger partial charge in [-0.25, -0.2) is 42.1 Å². The average Bonchev–Trinajstić information content (AvgIpc) is 1.53. The monoisotopic (exact) mass is 1330 g/mol. The molecular formula is C57H74N2O24S5-4. The largest absolute Gasteiger partial charge is 0.748 e. The summed E-state index contributed by atoms with van der Waals surface area (Å²) >= 11 is 0. The number of fused-ring (bicyclic) bond motifs is 6. The molecule has 31 heteroatoms. The second-order valence-electron chi connectivity index (χ2n) is 20.8. The molecule has 26 nitrogen and oxygen atoms in total. The van der Waals surface area contributed by atoms with Crippen molar-refractivity contribution >= 4 is 95.2 Å². The SMILES string of the molecule is C.COCCOCCOCCOCCC1(C)\C(=C/C=C/C=C/C2=[N+](CCOCCOCCOC)c3ccc4c(S(=O)(=O)[O-])cc(S(=O)(=O)[O-])cc4c3C2(C)CCCS(=O)(=O)[O-])N(CCCCCC(=O)O)c2ccc3c(S(=O)(=O)[O-])cc(S(=O)(=O)[O-])cc3c21. The summed E-state index contributed by atoms with van der Waals surface area (Å²) in [5, 5.41) is 8.83. The Labute approximate surface area is 514 Å². The number of allylic oxidation sites excluding steroid dienone is 6. The third-order valence-corrected chi connectivity index (χ3v) is 19.0. The molecule has 4 aromatic carbocycles. The fourth-order valence-corrected chi connectivity index (χ4v) is 14.1. The molecule has 2 heterocycles. The van der Waals surface area contributed by atoms with E-state index >= 15 is 0 Å². The Bertz CT molecular complexity index is 3850. The number of nitrogens with zero attached hydrogens (tertiary/aromatic N) is 2. The van der Waals surface area contributed by atoms with Gasteiger partial charge in [-0.05, 0) is 110 Å². The molecule has 0 aromatic heterocycles. The lowest BCUT2D eigenvalue weighted by molar-refractivity contribution is -0.442. The molecule has 4 aromatic rings. The average molecular weight is 1330 g/mol. The van der Waals surface area contributed by atoms with Gasteiger partial charge in [0.1, 0.15) is 47.1 Å². The van der Waals surface area contributed by atoms with Crippen molar-refractivity contribution < 1.29 is 112 Å². The topological polar surface area (TPSA) is 394 Å². The van der Waals surface area contributed by atoms with Gasteiger partial charge in [-0.15, -0.1) is 0 Å². The zero-order valence-corrected chi connectivity index (χ0v) is 52.4. The first kappa shape index (κ1) is 73.6. The number of anilines is 1. The summed E-state index contributed by atoms with van der Waals surface area (Å²) in [6.07, 6.45) is 8.90. The van der Waals surface area contributed by atoms with Gasteiger partial charge in [0.05, 0.1) is 101 Å². The minimum absolute atomic E-state index is 0. The molecule has 1 N–H and O–H groups in total. The molecule has 0 spiro atoms. The number of benzene rings is 4. The minimum Gasteiger partial charge on any atom is -0.748 e. The lowest BCUT2D eigenvalue weighted by atomic mass is 9.74. The molecule has 0 amide bonds. The van der Waals surface area contributed by atoms with E-state index in [-0.39, 0.29) is 126 Å². The van der Waals surface area contributed by atoms with Crippen LogP contribution in [0.15, 0.2) is 104 Å². The van der Waals surface area contributed by atoms with Gasteiger partial charge in [0.15, 0.2) is 12.3 Å². The molecule has 2 aliphatic heterocycles. The van der Waals surface area contributed by atoms with E-state index in [1.807, 2.05) is 4.90 Å². The second kappa shape index (κ2) is 31.7. The van der Waals surface area contributed by atoms with E-state index < -0.39 is 92.7 Å². The van der Waals surface area contributed by atoms with Crippen LogP contribution in [0.2, 0.25) is 0 Å². The zero-order valence-electron chi connectivity index (χ0n) is 48.3. The first-order valence-corrected chi connectivity index (χ1v) is 34.7. The van der Waals surface area contributed by atoms with Gasteiger partial charge in [-0.1, -0.05) is 38.1 Å². The highest BCUT2D eigenvalue weighted by atomic mass is 32.2. The summed E-state index contributed by atoms with van der Waals surface area (Å²) in [5.41, 5.74) is -0.496. The fraction of sp³-hybridized carbons (Fsp3) is 0.509. The second-order valence-corrected chi connectivity index (χ2v) is 27.8. The fourth-order valence-electron chi connectivity index (χ4n) is 11.0. The number of rotatable bonds is 38. The molecule has 2 unspecified atom stereocenters. The van der Waals surface area contributed by atoms with Gasteiger partial charge in [-0.2, -0.15) is 4.58 Å². The first-order chi connectivity index (χ1) is 40.9. The van der Waals surface area contributed by atoms with Crippen LogP contribution in [0.3, 0.4) is 0 Å². The van der Waals surface area contributed by atoms with Crippen LogP contribution in [0.4, 0.5) is 11.4 Å². The number of ether oxygens (including phenoxy) is 7. The van der Waals surface area contributed by atoms with Gasteiger partial charge in [-0.3, -0.25) is 4.79 Å². The number of methoxy groups -OCH3 is 2. The molecule has 0 saturated carbocycles. The molecule has 0 bridgehead atoms. The third-order valence-electron chi connectivity index (χ3n) is 14.9. The van der Waals surface area contributed by atoms with Crippen molar-refractivity contribution in [3.05, 3.63) is 95.7 Å². The van der Waals surface area contributed by atoms with Gasteiger partial charge < -0.3 is 65.9 Å². The Morgan fingerprint density at radius 3 is 1.56 bits per heavy atom. The van der Waals surface area contributed by atoms with E-state index in [1.165, 1.54) is 25.3 Å². The number of carboxylic acid groups (broad SMARTS) is 1. The summed E-state index contributed by atoms with van der Waals surface area (Å²) < 4.78 is 229. The van der Waals surface area contributed by atoms with Gasteiger partial charge in [0.2, 0.25) is 5.69 Å². The number of hydrogen-bond donors (Lipinski definition) is 1. The number of carboxylic acids is 1. The summed E-state index contributed by atoms with van der Waals surface area (Å²) in [6, 6.07) is 8.64. The van der Waals surface area contributed by atoms with Crippen LogP contribution in [0.1, 0.15) is 77.3 Å². The normalized spacial score (nSPS) is 18.0. The summed E-state index contributed by atoms with van der Waals surface area (Å²) in [5.74, 6) is -1.85. The predicted octanol–water partition coefficient (Wildman–Crippen LogP) is 5.11. The van der Waals surface area contributed by atoms with E-state index in [4.69, 9.17) is 33.2 Å². The van der Waals surface area contributed by atoms with Crippen LogP contribution in [0.25, 0.3) is 21.5 Å². The van der Waals surface area contributed by atoms with Crippen LogP contribution in [-0.2, 0) is 99.4 Å². The summed E-state index contributed by atoms with van der Waals surface area (Å²) in [4.78, 5) is 9.42. The van der Waals surface area contributed by atoms with E-state index in [9.17, 15) is 74.8 Å². The Hall–Kier alpha value is -5.17. The number of carbonyl (C=O) groups is 1. The Kier molecular flexibility index (Phi) is 26.5.